The first-order chi connectivity index (χ1) is 11.4. The SMILES string of the molecule is CC(=O)N1CCc2cc(O)c(O)cc2C1Cc1ccc(O)c(O)c1. The number of hydrogen-bond donors (Lipinski definition) is 4. The molecule has 2 aromatic carbocycles. The van der Waals surface area contributed by atoms with E-state index in [1.807, 2.05) is 0 Å². The Morgan fingerprint density at radius 1 is 1.04 bits per heavy atom. The second kappa shape index (κ2) is 5.96. The van der Waals surface area contributed by atoms with Crippen molar-refractivity contribution >= 4 is 5.91 Å². The summed E-state index contributed by atoms with van der Waals surface area (Å²) in [6, 6.07) is 7.25. The van der Waals surface area contributed by atoms with Crippen molar-refractivity contribution in [3.63, 3.8) is 0 Å². The molecule has 1 aliphatic rings. The molecule has 1 unspecified atom stereocenters. The third-order valence-corrected chi connectivity index (χ3v) is 4.47. The molecule has 1 amide bonds. The number of phenols is 4. The minimum absolute atomic E-state index is 0.0822. The molecule has 126 valence electrons. The third-order valence-electron chi connectivity index (χ3n) is 4.47. The van der Waals surface area contributed by atoms with E-state index >= 15 is 0 Å². The fourth-order valence-electron chi connectivity index (χ4n) is 3.24. The molecule has 0 radical (unpaired) electrons. The Labute approximate surface area is 139 Å². The summed E-state index contributed by atoms with van der Waals surface area (Å²) in [5, 5.41) is 38.7. The minimum atomic E-state index is -0.318. The van der Waals surface area contributed by atoms with Crippen LogP contribution in [0.2, 0.25) is 0 Å². The van der Waals surface area contributed by atoms with E-state index in [2.05, 4.69) is 0 Å². The maximum absolute atomic E-state index is 12.0. The van der Waals surface area contributed by atoms with Gasteiger partial charge in [0.1, 0.15) is 0 Å². The molecule has 0 bridgehead atoms. The predicted molar refractivity (Wildman–Crippen MR) is 87.1 cm³/mol. The number of nitrogens with zero attached hydrogens (tertiary/aromatic N) is 1. The van der Waals surface area contributed by atoms with Gasteiger partial charge in [0.2, 0.25) is 5.91 Å². The van der Waals surface area contributed by atoms with Crippen LogP contribution in [-0.2, 0) is 17.6 Å². The van der Waals surface area contributed by atoms with Crippen molar-refractivity contribution < 1.29 is 25.2 Å². The second-order valence-corrected chi connectivity index (χ2v) is 6.05. The van der Waals surface area contributed by atoms with Crippen LogP contribution in [0.25, 0.3) is 0 Å². The van der Waals surface area contributed by atoms with Crippen molar-refractivity contribution in [2.24, 2.45) is 0 Å². The number of carbonyl (C=O) groups is 1. The zero-order valence-corrected chi connectivity index (χ0v) is 13.2. The Morgan fingerprint density at radius 3 is 2.38 bits per heavy atom. The summed E-state index contributed by atoms with van der Waals surface area (Å²) in [7, 11) is 0. The van der Waals surface area contributed by atoms with E-state index in [-0.39, 0.29) is 34.9 Å². The second-order valence-electron chi connectivity index (χ2n) is 6.05. The summed E-state index contributed by atoms with van der Waals surface area (Å²) in [5.74, 6) is -0.898. The van der Waals surface area contributed by atoms with Gasteiger partial charge in [0.25, 0.3) is 0 Å². The molecule has 6 nitrogen and oxygen atoms in total. The van der Waals surface area contributed by atoms with Gasteiger partial charge in [-0.1, -0.05) is 6.07 Å². The van der Waals surface area contributed by atoms with Crippen molar-refractivity contribution in [2.75, 3.05) is 6.54 Å². The first-order valence-corrected chi connectivity index (χ1v) is 7.69. The van der Waals surface area contributed by atoms with E-state index < -0.39 is 0 Å². The molecule has 0 fully saturated rings. The van der Waals surface area contributed by atoms with Crippen molar-refractivity contribution in [1.29, 1.82) is 0 Å². The van der Waals surface area contributed by atoms with Gasteiger partial charge in [-0.15, -0.1) is 0 Å². The highest BCUT2D eigenvalue weighted by molar-refractivity contribution is 5.74. The summed E-state index contributed by atoms with van der Waals surface area (Å²) in [4.78, 5) is 13.7. The molecule has 0 aromatic heterocycles. The van der Waals surface area contributed by atoms with Gasteiger partial charge in [-0.05, 0) is 53.8 Å². The lowest BCUT2D eigenvalue weighted by molar-refractivity contribution is -0.131. The topological polar surface area (TPSA) is 101 Å². The number of hydrogen-bond acceptors (Lipinski definition) is 5. The van der Waals surface area contributed by atoms with Crippen molar-refractivity contribution in [2.45, 2.75) is 25.8 Å². The Hall–Kier alpha value is -2.89. The molecule has 1 heterocycles. The number of carbonyl (C=O) groups excluding carboxylic acids is 1. The van der Waals surface area contributed by atoms with Gasteiger partial charge in [0.15, 0.2) is 23.0 Å². The van der Waals surface area contributed by atoms with Crippen molar-refractivity contribution in [3.05, 3.63) is 47.0 Å². The van der Waals surface area contributed by atoms with Crippen LogP contribution in [-0.4, -0.2) is 37.8 Å². The zero-order valence-electron chi connectivity index (χ0n) is 13.2. The van der Waals surface area contributed by atoms with E-state index in [4.69, 9.17) is 0 Å². The summed E-state index contributed by atoms with van der Waals surface area (Å²) < 4.78 is 0. The standard InChI is InChI=1S/C18H19NO5/c1-10(20)19-5-4-12-8-17(23)18(24)9-13(12)14(19)6-11-2-3-15(21)16(22)7-11/h2-3,7-9,14,21-24H,4-6H2,1H3. The molecule has 6 heteroatoms. The molecule has 0 aliphatic carbocycles. The number of benzene rings is 2. The molecular weight excluding hydrogens is 310 g/mol. The summed E-state index contributed by atoms with van der Waals surface area (Å²) in [6.45, 7) is 2.01. The van der Waals surface area contributed by atoms with Gasteiger partial charge < -0.3 is 25.3 Å². The van der Waals surface area contributed by atoms with Crippen LogP contribution in [0.15, 0.2) is 30.3 Å². The van der Waals surface area contributed by atoms with Crippen LogP contribution in [0.4, 0.5) is 0 Å². The molecule has 3 rings (SSSR count). The average Bonchev–Trinajstić information content (AvgIpc) is 2.52. The van der Waals surface area contributed by atoms with Gasteiger partial charge in [-0.2, -0.15) is 0 Å². The molecule has 0 saturated carbocycles. The first-order valence-electron chi connectivity index (χ1n) is 7.69. The normalized spacial score (nSPS) is 16.7. The molecule has 0 saturated heterocycles. The lowest BCUT2D eigenvalue weighted by Gasteiger charge is -2.37. The zero-order chi connectivity index (χ0) is 17.4. The molecule has 0 spiro atoms. The lowest BCUT2D eigenvalue weighted by atomic mass is 9.88. The van der Waals surface area contributed by atoms with Crippen LogP contribution in [0.1, 0.15) is 29.7 Å². The Balaban J connectivity index is 2.03. The maximum atomic E-state index is 12.0. The number of phenolic OH excluding ortho intramolecular Hbond substituents is 4. The highest BCUT2D eigenvalue weighted by atomic mass is 16.3. The molecular formula is C18H19NO5. The van der Waals surface area contributed by atoms with Gasteiger partial charge in [0.05, 0.1) is 6.04 Å². The Morgan fingerprint density at radius 2 is 1.71 bits per heavy atom. The van der Waals surface area contributed by atoms with Crippen LogP contribution in [0.3, 0.4) is 0 Å². The smallest absolute Gasteiger partial charge is 0.219 e. The predicted octanol–water partition coefficient (Wildman–Crippen LogP) is 2.20. The minimum Gasteiger partial charge on any atom is -0.504 e. The largest absolute Gasteiger partial charge is 0.504 e. The van der Waals surface area contributed by atoms with Gasteiger partial charge in [-0.3, -0.25) is 4.79 Å². The summed E-state index contributed by atoms with van der Waals surface area (Å²) in [5.41, 5.74) is 2.41. The van der Waals surface area contributed by atoms with Crippen molar-refractivity contribution in [3.8, 4) is 23.0 Å². The van der Waals surface area contributed by atoms with E-state index in [1.54, 1.807) is 11.0 Å². The van der Waals surface area contributed by atoms with Crippen LogP contribution >= 0.6 is 0 Å². The Kier molecular flexibility index (Phi) is 3.97. The number of rotatable bonds is 2. The molecule has 1 aliphatic heterocycles. The fourth-order valence-corrected chi connectivity index (χ4v) is 3.24. The van der Waals surface area contributed by atoms with Crippen LogP contribution in [0.5, 0.6) is 23.0 Å². The highest BCUT2D eigenvalue weighted by Gasteiger charge is 2.30. The molecule has 4 N–H and O–H groups in total. The van der Waals surface area contributed by atoms with E-state index in [0.717, 1.165) is 16.7 Å². The average molecular weight is 329 g/mol. The Bertz CT molecular complexity index is 802. The van der Waals surface area contributed by atoms with E-state index in [0.29, 0.717) is 19.4 Å². The first kappa shape index (κ1) is 16.0. The third kappa shape index (κ3) is 2.82. The molecule has 24 heavy (non-hydrogen) atoms. The fraction of sp³-hybridized carbons (Fsp3) is 0.278. The summed E-state index contributed by atoms with van der Waals surface area (Å²) >= 11 is 0. The van der Waals surface area contributed by atoms with Crippen LogP contribution in [0, 0.1) is 0 Å². The van der Waals surface area contributed by atoms with E-state index in [9.17, 15) is 25.2 Å². The number of fused-ring (bicyclic) bond motifs is 1. The molecule has 2 aromatic rings. The van der Waals surface area contributed by atoms with Gasteiger partial charge >= 0.3 is 0 Å². The lowest BCUT2D eigenvalue weighted by Crippen LogP contribution is -2.39. The number of aromatic hydroxyl groups is 4. The van der Waals surface area contributed by atoms with Gasteiger partial charge in [-0.25, -0.2) is 0 Å². The van der Waals surface area contributed by atoms with E-state index in [1.165, 1.54) is 31.2 Å². The summed E-state index contributed by atoms with van der Waals surface area (Å²) in [6.07, 6.45) is 1.02. The maximum Gasteiger partial charge on any atom is 0.219 e. The molecule has 1 atom stereocenters. The van der Waals surface area contributed by atoms with Crippen molar-refractivity contribution in [1.82, 2.24) is 4.90 Å². The van der Waals surface area contributed by atoms with Crippen LogP contribution < -0.4 is 0 Å². The quantitative estimate of drug-likeness (QED) is 0.633. The number of amides is 1. The van der Waals surface area contributed by atoms with Gasteiger partial charge in [0, 0.05) is 13.5 Å². The monoisotopic (exact) mass is 329 g/mol. The highest BCUT2D eigenvalue weighted by Crippen LogP contribution is 2.39.